The van der Waals surface area contributed by atoms with E-state index in [1.165, 1.54) is 12.2 Å². The highest BCUT2D eigenvalue weighted by atomic mass is 19.1. The zero-order valence-electron chi connectivity index (χ0n) is 8.43. The Bertz CT molecular complexity index is 196. The molecule has 3 nitrogen and oxygen atoms in total. The van der Waals surface area contributed by atoms with Gasteiger partial charge in [0.1, 0.15) is 5.60 Å². The maximum Gasteiger partial charge on any atom is 0.410 e. The van der Waals surface area contributed by atoms with Crippen molar-refractivity contribution >= 4 is 6.09 Å². The standard InChI is InChI=1S/C9H16FNO2/c1-5-6-7(10)11-8(12)13-9(2,3)4/h5-7H,1-4H3,(H,11,12). The second-order valence-corrected chi connectivity index (χ2v) is 3.57. The van der Waals surface area contributed by atoms with E-state index < -0.39 is 18.0 Å². The predicted molar refractivity (Wildman–Crippen MR) is 49.1 cm³/mol. The number of rotatable bonds is 2. The number of nitrogens with one attached hydrogen (secondary N) is 1. The van der Waals surface area contributed by atoms with Crippen LogP contribution in [0.1, 0.15) is 27.7 Å². The molecule has 76 valence electrons. The molecule has 1 atom stereocenters. The highest BCUT2D eigenvalue weighted by Gasteiger charge is 2.17. The minimum atomic E-state index is -1.49. The van der Waals surface area contributed by atoms with Crippen LogP contribution in [0.5, 0.6) is 0 Å². The van der Waals surface area contributed by atoms with Crippen molar-refractivity contribution in [3.8, 4) is 0 Å². The molecule has 0 aliphatic carbocycles. The van der Waals surface area contributed by atoms with E-state index in [-0.39, 0.29) is 0 Å². The van der Waals surface area contributed by atoms with Gasteiger partial charge in [0.05, 0.1) is 0 Å². The van der Waals surface area contributed by atoms with Crippen LogP contribution < -0.4 is 5.32 Å². The molecule has 0 saturated carbocycles. The summed E-state index contributed by atoms with van der Waals surface area (Å²) in [5.74, 6) is 0. The van der Waals surface area contributed by atoms with Crippen molar-refractivity contribution < 1.29 is 13.9 Å². The number of alkyl halides is 1. The average molecular weight is 189 g/mol. The highest BCUT2D eigenvalue weighted by molar-refractivity contribution is 5.68. The molecule has 0 radical (unpaired) electrons. The fourth-order valence-electron chi connectivity index (χ4n) is 0.637. The van der Waals surface area contributed by atoms with Crippen LogP contribution in [-0.2, 0) is 4.74 Å². The molecule has 1 amide bonds. The lowest BCUT2D eigenvalue weighted by atomic mass is 10.2. The van der Waals surface area contributed by atoms with Gasteiger partial charge in [-0.05, 0) is 33.8 Å². The van der Waals surface area contributed by atoms with Gasteiger partial charge in [-0.1, -0.05) is 6.08 Å². The van der Waals surface area contributed by atoms with Gasteiger partial charge in [-0.15, -0.1) is 0 Å². The second-order valence-electron chi connectivity index (χ2n) is 3.57. The Kier molecular flexibility index (Phi) is 4.45. The molecule has 0 aliphatic rings. The average Bonchev–Trinajstić information content (AvgIpc) is 1.81. The predicted octanol–water partition coefficient (Wildman–Crippen LogP) is 2.38. The van der Waals surface area contributed by atoms with E-state index >= 15 is 0 Å². The number of allylic oxidation sites excluding steroid dienone is 1. The fraction of sp³-hybridized carbons (Fsp3) is 0.667. The van der Waals surface area contributed by atoms with Crippen LogP contribution in [0, 0.1) is 0 Å². The molecular formula is C9H16FNO2. The molecule has 0 rings (SSSR count). The molecule has 0 aliphatic heterocycles. The minimum absolute atomic E-state index is 0.597. The van der Waals surface area contributed by atoms with Crippen molar-refractivity contribution in [2.45, 2.75) is 39.6 Å². The van der Waals surface area contributed by atoms with Gasteiger partial charge in [0.15, 0.2) is 6.30 Å². The van der Waals surface area contributed by atoms with Crippen molar-refractivity contribution in [3.05, 3.63) is 12.2 Å². The van der Waals surface area contributed by atoms with Crippen LogP contribution in [0.2, 0.25) is 0 Å². The summed E-state index contributed by atoms with van der Waals surface area (Å²) in [5.41, 5.74) is -0.597. The lowest BCUT2D eigenvalue weighted by molar-refractivity contribution is 0.0478. The maximum absolute atomic E-state index is 12.7. The number of hydrogen-bond acceptors (Lipinski definition) is 2. The van der Waals surface area contributed by atoms with E-state index in [1.54, 1.807) is 27.7 Å². The largest absolute Gasteiger partial charge is 0.444 e. The van der Waals surface area contributed by atoms with Gasteiger partial charge in [0.25, 0.3) is 0 Å². The smallest absolute Gasteiger partial charge is 0.410 e. The lowest BCUT2D eigenvalue weighted by Crippen LogP contribution is -2.36. The summed E-state index contributed by atoms with van der Waals surface area (Å²) in [5, 5.41) is 2.02. The number of carbonyl (C=O) groups excluding carboxylic acids is 1. The Hall–Kier alpha value is -1.06. The van der Waals surface area contributed by atoms with Crippen LogP contribution in [-0.4, -0.2) is 18.0 Å². The molecule has 1 N–H and O–H groups in total. The molecule has 0 spiro atoms. The van der Waals surface area contributed by atoms with Crippen molar-refractivity contribution in [1.82, 2.24) is 5.32 Å². The molecule has 0 fully saturated rings. The van der Waals surface area contributed by atoms with Crippen molar-refractivity contribution in [2.24, 2.45) is 0 Å². The van der Waals surface area contributed by atoms with E-state index in [9.17, 15) is 9.18 Å². The molecule has 1 unspecified atom stereocenters. The number of ether oxygens (including phenoxy) is 1. The lowest BCUT2D eigenvalue weighted by Gasteiger charge is -2.20. The summed E-state index contributed by atoms with van der Waals surface area (Å²) in [7, 11) is 0. The van der Waals surface area contributed by atoms with Crippen LogP contribution in [0.25, 0.3) is 0 Å². The second kappa shape index (κ2) is 4.84. The van der Waals surface area contributed by atoms with Gasteiger partial charge < -0.3 is 4.74 Å². The topological polar surface area (TPSA) is 38.3 Å². The molecule has 0 bridgehead atoms. The molecular weight excluding hydrogens is 173 g/mol. The van der Waals surface area contributed by atoms with Gasteiger partial charge in [-0.2, -0.15) is 0 Å². The van der Waals surface area contributed by atoms with Crippen molar-refractivity contribution in [1.29, 1.82) is 0 Å². The maximum atomic E-state index is 12.7. The molecule has 0 aromatic rings. The number of carbonyl (C=O) groups is 1. The molecule has 13 heavy (non-hydrogen) atoms. The molecule has 0 aromatic heterocycles. The summed E-state index contributed by atoms with van der Waals surface area (Å²) >= 11 is 0. The zero-order chi connectivity index (χ0) is 10.5. The minimum Gasteiger partial charge on any atom is -0.444 e. The highest BCUT2D eigenvalue weighted by Crippen LogP contribution is 2.06. The Balaban J connectivity index is 3.88. The quantitative estimate of drug-likeness (QED) is 0.535. The third-order valence-corrected chi connectivity index (χ3v) is 1.02. The summed E-state index contributed by atoms with van der Waals surface area (Å²) < 4.78 is 17.6. The summed E-state index contributed by atoms with van der Waals surface area (Å²) in [4.78, 5) is 10.9. The normalized spacial score (nSPS) is 14.2. The van der Waals surface area contributed by atoms with Gasteiger partial charge in [-0.25, -0.2) is 9.18 Å². The van der Waals surface area contributed by atoms with Gasteiger partial charge in [-0.3, -0.25) is 5.32 Å². The number of amides is 1. The van der Waals surface area contributed by atoms with Crippen molar-refractivity contribution in [3.63, 3.8) is 0 Å². The van der Waals surface area contributed by atoms with E-state index in [0.717, 1.165) is 0 Å². The Morgan fingerprint density at radius 2 is 2.08 bits per heavy atom. The third-order valence-electron chi connectivity index (χ3n) is 1.02. The number of alkyl carbamates (subject to hydrolysis) is 1. The Morgan fingerprint density at radius 3 is 2.46 bits per heavy atom. The van der Waals surface area contributed by atoms with Crippen LogP contribution in [0.3, 0.4) is 0 Å². The van der Waals surface area contributed by atoms with Gasteiger partial charge in [0.2, 0.25) is 0 Å². The van der Waals surface area contributed by atoms with E-state index in [0.29, 0.717) is 0 Å². The zero-order valence-corrected chi connectivity index (χ0v) is 8.43. The summed E-state index contributed by atoms with van der Waals surface area (Å²) in [6.45, 7) is 6.82. The molecule has 0 saturated heterocycles. The third kappa shape index (κ3) is 7.31. The van der Waals surface area contributed by atoms with E-state index in [2.05, 4.69) is 0 Å². The SMILES string of the molecule is CC=CC(F)NC(=O)OC(C)(C)C. The Labute approximate surface area is 78.0 Å². The van der Waals surface area contributed by atoms with Crippen LogP contribution in [0.15, 0.2) is 12.2 Å². The molecule has 4 heteroatoms. The molecule has 0 heterocycles. The van der Waals surface area contributed by atoms with E-state index in [1.807, 2.05) is 5.32 Å². The fourth-order valence-corrected chi connectivity index (χ4v) is 0.637. The number of halogens is 1. The first-order chi connectivity index (χ1) is 5.85. The van der Waals surface area contributed by atoms with Crippen molar-refractivity contribution in [2.75, 3.05) is 0 Å². The molecule has 0 aromatic carbocycles. The van der Waals surface area contributed by atoms with Gasteiger partial charge in [0, 0.05) is 0 Å². The Morgan fingerprint density at radius 1 is 1.54 bits per heavy atom. The first-order valence-corrected chi connectivity index (χ1v) is 4.11. The monoisotopic (exact) mass is 189 g/mol. The first kappa shape index (κ1) is 11.9. The van der Waals surface area contributed by atoms with Crippen LogP contribution in [0.4, 0.5) is 9.18 Å². The summed E-state index contributed by atoms with van der Waals surface area (Å²) in [6, 6.07) is 0. The van der Waals surface area contributed by atoms with E-state index in [4.69, 9.17) is 4.74 Å². The summed E-state index contributed by atoms with van der Waals surface area (Å²) in [6.07, 6.45) is 0.504. The first-order valence-electron chi connectivity index (χ1n) is 4.11. The van der Waals surface area contributed by atoms with Crippen LogP contribution >= 0.6 is 0 Å². The number of hydrogen-bond donors (Lipinski definition) is 1. The van der Waals surface area contributed by atoms with Gasteiger partial charge >= 0.3 is 6.09 Å².